The average Bonchev–Trinajstić information content (AvgIpc) is 2.07. The highest BCUT2D eigenvalue weighted by atomic mass is 32.2. The van der Waals surface area contributed by atoms with Gasteiger partial charge in [0.25, 0.3) is 0 Å². The third-order valence-corrected chi connectivity index (χ3v) is 2.00. The van der Waals surface area contributed by atoms with Crippen LogP contribution in [-0.2, 0) is 0 Å². The molecule has 1 atom stereocenters. The van der Waals surface area contributed by atoms with Crippen LogP contribution in [0, 0.1) is 0 Å². The van der Waals surface area contributed by atoms with E-state index in [1.807, 2.05) is 6.26 Å². The van der Waals surface area contributed by atoms with E-state index in [-0.39, 0.29) is 6.04 Å². The minimum Gasteiger partial charge on any atom is -0.322 e. The van der Waals surface area contributed by atoms with Crippen molar-refractivity contribution in [3.05, 3.63) is 24.3 Å². The van der Waals surface area contributed by atoms with Gasteiger partial charge in [0, 0.05) is 24.3 Å². The Labute approximate surface area is 70.4 Å². The van der Waals surface area contributed by atoms with Crippen LogP contribution in [0.3, 0.4) is 0 Å². The number of hydrogen-bond acceptors (Lipinski definition) is 4. The van der Waals surface area contributed by atoms with Crippen LogP contribution in [0.1, 0.15) is 11.7 Å². The van der Waals surface area contributed by atoms with Crippen LogP contribution in [0.25, 0.3) is 0 Å². The molecule has 1 unspecified atom stereocenters. The Hall–Kier alpha value is -0.610. The smallest absolute Gasteiger partial charge is 0.0762 e. The van der Waals surface area contributed by atoms with Crippen molar-refractivity contribution in [2.45, 2.75) is 6.04 Å². The Bertz CT molecular complexity index is 202. The number of aromatic nitrogens is 2. The van der Waals surface area contributed by atoms with Gasteiger partial charge in [-0.25, -0.2) is 0 Å². The molecule has 60 valence electrons. The van der Waals surface area contributed by atoms with Crippen LogP contribution in [0.15, 0.2) is 18.6 Å². The molecule has 0 fully saturated rings. The zero-order valence-corrected chi connectivity index (χ0v) is 7.21. The summed E-state index contributed by atoms with van der Waals surface area (Å²) < 4.78 is 0. The summed E-state index contributed by atoms with van der Waals surface area (Å²) in [6.45, 7) is 0. The predicted molar refractivity (Wildman–Crippen MR) is 47.3 cm³/mol. The quantitative estimate of drug-likeness (QED) is 0.728. The van der Waals surface area contributed by atoms with Gasteiger partial charge in [0.1, 0.15) is 0 Å². The van der Waals surface area contributed by atoms with Gasteiger partial charge in [-0.05, 0) is 6.26 Å². The number of nitrogens with zero attached hydrogens (tertiary/aromatic N) is 2. The topological polar surface area (TPSA) is 51.8 Å². The maximum atomic E-state index is 5.78. The highest BCUT2D eigenvalue weighted by molar-refractivity contribution is 7.98. The van der Waals surface area contributed by atoms with Gasteiger partial charge in [0.15, 0.2) is 0 Å². The number of thioether (sulfide) groups is 1. The molecule has 0 spiro atoms. The first-order valence-electron chi connectivity index (χ1n) is 3.35. The average molecular weight is 169 g/mol. The predicted octanol–water partition coefficient (Wildman–Crippen LogP) is 0.839. The second-order valence-electron chi connectivity index (χ2n) is 2.19. The van der Waals surface area contributed by atoms with Gasteiger partial charge >= 0.3 is 0 Å². The fourth-order valence-corrected chi connectivity index (χ4v) is 1.30. The van der Waals surface area contributed by atoms with Gasteiger partial charge in [0.2, 0.25) is 0 Å². The molecular weight excluding hydrogens is 158 g/mol. The molecule has 0 aromatic carbocycles. The first kappa shape index (κ1) is 8.49. The fourth-order valence-electron chi connectivity index (χ4n) is 0.767. The Morgan fingerprint density at radius 3 is 3.00 bits per heavy atom. The second kappa shape index (κ2) is 4.31. The Morgan fingerprint density at radius 1 is 1.64 bits per heavy atom. The van der Waals surface area contributed by atoms with E-state index in [4.69, 9.17) is 5.73 Å². The van der Waals surface area contributed by atoms with Gasteiger partial charge in [-0.2, -0.15) is 11.8 Å². The lowest BCUT2D eigenvalue weighted by atomic mass is 10.3. The fraction of sp³-hybridized carbons (Fsp3) is 0.429. The summed E-state index contributed by atoms with van der Waals surface area (Å²) in [5.41, 5.74) is 6.65. The summed E-state index contributed by atoms with van der Waals surface area (Å²) in [5.74, 6) is 0.888. The third-order valence-electron chi connectivity index (χ3n) is 1.31. The Morgan fingerprint density at radius 2 is 2.45 bits per heavy atom. The summed E-state index contributed by atoms with van der Waals surface area (Å²) in [5, 5.41) is 0. The molecule has 1 heterocycles. The Balaban J connectivity index is 2.61. The van der Waals surface area contributed by atoms with Crippen LogP contribution < -0.4 is 5.73 Å². The summed E-state index contributed by atoms with van der Waals surface area (Å²) in [4.78, 5) is 8.03. The van der Waals surface area contributed by atoms with E-state index in [0.29, 0.717) is 0 Å². The van der Waals surface area contributed by atoms with Gasteiger partial charge in [-0.15, -0.1) is 0 Å². The van der Waals surface area contributed by atoms with Gasteiger partial charge in [-0.3, -0.25) is 9.97 Å². The minimum absolute atomic E-state index is 0.0127. The monoisotopic (exact) mass is 169 g/mol. The molecule has 0 amide bonds. The highest BCUT2D eigenvalue weighted by Crippen LogP contribution is 2.09. The van der Waals surface area contributed by atoms with Crippen molar-refractivity contribution in [1.82, 2.24) is 9.97 Å². The molecule has 1 aromatic heterocycles. The summed E-state index contributed by atoms with van der Waals surface area (Å²) in [6, 6.07) is 0.0127. The normalized spacial score (nSPS) is 12.9. The zero-order chi connectivity index (χ0) is 8.10. The second-order valence-corrected chi connectivity index (χ2v) is 3.10. The van der Waals surface area contributed by atoms with E-state index in [9.17, 15) is 0 Å². The van der Waals surface area contributed by atoms with Crippen molar-refractivity contribution >= 4 is 11.8 Å². The lowest BCUT2D eigenvalue weighted by Gasteiger charge is -2.06. The standard InChI is InChI=1S/C7H11N3S/c1-11-5-6(8)7-4-9-2-3-10-7/h2-4,6H,5,8H2,1H3. The molecule has 0 saturated heterocycles. The van der Waals surface area contributed by atoms with Crippen molar-refractivity contribution in [2.24, 2.45) is 5.73 Å². The number of hydrogen-bond donors (Lipinski definition) is 1. The summed E-state index contributed by atoms with van der Waals surface area (Å²) in [7, 11) is 0. The van der Waals surface area contributed by atoms with E-state index >= 15 is 0 Å². The maximum absolute atomic E-state index is 5.78. The largest absolute Gasteiger partial charge is 0.322 e. The molecule has 0 aliphatic carbocycles. The van der Waals surface area contributed by atoms with Crippen LogP contribution in [0.5, 0.6) is 0 Å². The van der Waals surface area contributed by atoms with E-state index < -0.39 is 0 Å². The van der Waals surface area contributed by atoms with Crippen molar-refractivity contribution < 1.29 is 0 Å². The van der Waals surface area contributed by atoms with Crippen molar-refractivity contribution in [3.8, 4) is 0 Å². The lowest BCUT2D eigenvalue weighted by Crippen LogP contribution is -2.14. The molecule has 0 radical (unpaired) electrons. The minimum atomic E-state index is 0.0127. The number of nitrogens with two attached hydrogens (primary N) is 1. The van der Waals surface area contributed by atoms with Gasteiger partial charge in [-0.1, -0.05) is 0 Å². The molecule has 0 aliphatic heterocycles. The molecule has 4 heteroatoms. The highest BCUT2D eigenvalue weighted by Gasteiger charge is 2.04. The zero-order valence-electron chi connectivity index (χ0n) is 6.40. The molecule has 2 N–H and O–H groups in total. The lowest BCUT2D eigenvalue weighted by molar-refractivity contribution is 0.784. The van der Waals surface area contributed by atoms with Crippen molar-refractivity contribution in [2.75, 3.05) is 12.0 Å². The van der Waals surface area contributed by atoms with E-state index in [1.54, 1.807) is 30.4 Å². The summed E-state index contributed by atoms with van der Waals surface area (Å²) >= 11 is 1.71. The van der Waals surface area contributed by atoms with Crippen LogP contribution >= 0.6 is 11.8 Å². The van der Waals surface area contributed by atoms with Crippen molar-refractivity contribution in [3.63, 3.8) is 0 Å². The van der Waals surface area contributed by atoms with E-state index in [0.717, 1.165) is 11.4 Å². The van der Waals surface area contributed by atoms with Gasteiger partial charge in [0.05, 0.1) is 11.7 Å². The molecule has 11 heavy (non-hydrogen) atoms. The SMILES string of the molecule is CSCC(N)c1cnccn1. The first-order chi connectivity index (χ1) is 5.34. The maximum Gasteiger partial charge on any atom is 0.0762 e. The van der Waals surface area contributed by atoms with E-state index in [2.05, 4.69) is 9.97 Å². The van der Waals surface area contributed by atoms with E-state index in [1.165, 1.54) is 0 Å². The molecule has 1 aromatic rings. The van der Waals surface area contributed by atoms with Crippen LogP contribution in [-0.4, -0.2) is 22.0 Å². The molecule has 0 bridgehead atoms. The summed E-state index contributed by atoms with van der Waals surface area (Å²) in [6.07, 6.45) is 7.04. The van der Waals surface area contributed by atoms with Crippen LogP contribution in [0.4, 0.5) is 0 Å². The third kappa shape index (κ3) is 2.48. The molecule has 0 aliphatic rings. The van der Waals surface area contributed by atoms with Crippen LogP contribution in [0.2, 0.25) is 0 Å². The Kier molecular flexibility index (Phi) is 3.32. The van der Waals surface area contributed by atoms with Gasteiger partial charge < -0.3 is 5.73 Å². The molecule has 0 saturated carbocycles. The first-order valence-corrected chi connectivity index (χ1v) is 4.74. The molecule has 3 nitrogen and oxygen atoms in total. The van der Waals surface area contributed by atoms with Crippen molar-refractivity contribution in [1.29, 1.82) is 0 Å². The molecular formula is C7H11N3S. The number of rotatable bonds is 3. The molecule has 1 rings (SSSR count).